The molecule has 0 heterocycles. The summed E-state index contributed by atoms with van der Waals surface area (Å²) in [5.41, 5.74) is 6.19. The Balaban J connectivity index is 2.32. The highest BCUT2D eigenvalue weighted by Crippen LogP contribution is 2.46. The van der Waals surface area contributed by atoms with Gasteiger partial charge in [-0.15, -0.1) is 0 Å². The second kappa shape index (κ2) is 6.34. The molecule has 1 fully saturated rings. The van der Waals surface area contributed by atoms with Crippen molar-refractivity contribution in [2.45, 2.75) is 29.0 Å². The van der Waals surface area contributed by atoms with Gasteiger partial charge in [-0.1, -0.05) is 11.6 Å². The van der Waals surface area contributed by atoms with Gasteiger partial charge in [0.25, 0.3) is 0 Å². The fourth-order valence-electron chi connectivity index (χ4n) is 2.10. The molecule has 8 heteroatoms. The van der Waals surface area contributed by atoms with E-state index in [1.165, 1.54) is 13.2 Å². The molecular formula is C13H19ClN2O3S2. The van der Waals surface area contributed by atoms with E-state index in [9.17, 15) is 8.42 Å². The number of nitrogens with two attached hydrogens (primary N) is 1. The first-order chi connectivity index (χ1) is 9.87. The summed E-state index contributed by atoms with van der Waals surface area (Å²) < 4.78 is 33.0. The number of benzene rings is 1. The third-order valence-corrected chi connectivity index (χ3v) is 6.68. The zero-order chi connectivity index (χ0) is 15.7. The molecule has 0 saturated heterocycles. The van der Waals surface area contributed by atoms with Crippen molar-refractivity contribution in [1.29, 1.82) is 0 Å². The smallest absolute Gasteiger partial charge is 0.244 e. The minimum absolute atomic E-state index is 0.0369. The van der Waals surface area contributed by atoms with Crippen molar-refractivity contribution in [2.75, 3.05) is 19.9 Å². The van der Waals surface area contributed by atoms with Gasteiger partial charge in [-0.25, -0.2) is 13.1 Å². The number of thioether (sulfide) groups is 1. The first-order valence-corrected chi connectivity index (χ1v) is 9.57. The topological polar surface area (TPSA) is 81.4 Å². The van der Waals surface area contributed by atoms with Gasteiger partial charge in [-0.2, -0.15) is 11.8 Å². The summed E-state index contributed by atoms with van der Waals surface area (Å²) >= 11 is 7.68. The molecule has 0 radical (unpaired) electrons. The van der Waals surface area contributed by atoms with Crippen LogP contribution in [0.2, 0.25) is 5.02 Å². The lowest BCUT2D eigenvalue weighted by molar-refractivity contribution is 0.397. The third kappa shape index (κ3) is 3.65. The summed E-state index contributed by atoms with van der Waals surface area (Å²) in [6.07, 6.45) is 4.04. The molecule has 3 N–H and O–H groups in total. The van der Waals surface area contributed by atoms with Crippen LogP contribution in [0.25, 0.3) is 0 Å². The van der Waals surface area contributed by atoms with E-state index in [0.717, 1.165) is 12.8 Å². The van der Waals surface area contributed by atoms with Crippen LogP contribution >= 0.6 is 23.4 Å². The largest absolute Gasteiger partial charge is 0.495 e. The van der Waals surface area contributed by atoms with Crippen LogP contribution in [-0.2, 0) is 16.6 Å². The number of halogens is 1. The Morgan fingerprint density at radius 3 is 2.62 bits per heavy atom. The molecule has 0 atom stereocenters. The van der Waals surface area contributed by atoms with E-state index in [4.69, 9.17) is 22.1 Å². The van der Waals surface area contributed by atoms with Gasteiger partial charge in [0.1, 0.15) is 10.6 Å². The van der Waals surface area contributed by atoms with Gasteiger partial charge in [0.2, 0.25) is 10.0 Å². The zero-order valence-electron chi connectivity index (χ0n) is 12.0. The van der Waals surface area contributed by atoms with Gasteiger partial charge in [-0.05, 0) is 31.2 Å². The molecule has 1 saturated carbocycles. The maximum atomic E-state index is 12.5. The molecule has 118 valence electrons. The maximum Gasteiger partial charge on any atom is 0.244 e. The standard InChI is InChI=1S/C13H19ClN2O3S2/c1-19-12-9(7-15)5-10(14)6-11(12)21(17,18)16-8-13(20-2)3-4-13/h5-6,16H,3-4,7-8,15H2,1-2H3. The summed E-state index contributed by atoms with van der Waals surface area (Å²) in [6, 6.07) is 3.00. The van der Waals surface area contributed by atoms with Crippen LogP contribution in [0.15, 0.2) is 17.0 Å². The quantitative estimate of drug-likeness (QED) is 0.785. The van der Waals surface area contributed by atoms with Crippen LogP contribution in [0.1, 0.15) is 18.4 Å². The highest BCUT2D eigenvalue weighted by atomic mass is 35.5. The molecule has 1 aromatic carbocycles. The minimum atomic E-state index is -3.69. The van der Waals surface area contributed by atoms with Crippen molar-refractivity contribution in [1.82, 2.24) is 4.72 Å². The van der Waals surface area contributed by atoms with Crippen molar-refractivity contribution in [3.05, 3.63) is 22.7 Å². The Morgan fingerprint density at radius 2 is 2.14 bits per heavy atom. The van der Waals surface area contributed by atoms with Gasteiger partial charge < -0.3 is 10.5 Å². The monoisotopic (exact) mass is 350 g/mol. The second-order valence-corrected chi connectivity index (χ2v) is 8.46. The summed E-state index contributed by atoms with van der Waals surface area (Å²) in [7, 11) is -2.27. The van der Waals surface area contributed by atoms with E-state index < -0.39 is 10.0 Å². The molecule has 1 aliphatic carbocycles. The van der Waals surface area contributed by atoms with Crippen molar-refractivity contribution in [3.63, 3.8) is 0 Å². The SMILES string of the molecule is COc1c(CN)cc(Cl)cc1S(=O)(=O)NCC1(SC)CC1. The van der Waals surface area contributed by atoms with E-state index in [0.29, 0.717) is 17.1 Å². The minimum Gasteiger partial charge on any atom is -0.495 e. The molecule has 0 aliphatic heterocycles. The van der Waals surface area contributed by atoms with Crippen LogP contribution < -0.4 is 15.2 Å². The summed E-state index contributed by atoms with van der Waals surface area (Å²) in [6.45, 7) is 0.561. The second-order valence-electron chi connectivity index (χ2n) is 5.01. The molecule has 0 aromatic heterocycles. The van der Waals surface area contributed by atoms with Crippen LogP contribution in [0.4, 0.5) is 0 Å². The van der Waals surface area contributed by atoms with Crippen LogP contribution in [0, 0.1) is 0 Å². The lowest BCUT2D eigenvalue weighted by atomic mass is 10.2. The first-order valence-electron chi connectivity index (χ1n) is 6.49. The van der Waals surface area contributed by atoms with Gasteiger partial charge >= 0.3 is 0 Å². The van der Waals surface area contributed by atoms with Gasteiger partial charge in [0, 0.05) is 28.4 Å². The number of rotatable bonds is 7. The Bertz CT molecular complexity index is 631. The van der Waals surface area contributed by atoms with Crippen molar-refractivity contribution in [2.24, 2.45) is 5.73 Å². The fourth-order valence-corrected chi connectivity index (χ4v) is 4.59. The molecule has 21 heavy (non-hydrogen) atoms. The van der Waals surface area contributed by atoms with Crippen LogP contribution in [0.5, 0.6) is 5.75 Å². The third-order valence-electron chi connectivity index (χ3n) is 3.64. The molecule has 0 spiro atoms. The number of sulfonamides is 1. The van der Waals surface area contributed by atoms with Crippen LogP contribution in [0.3, 0.4) is 0 Å². The Labute approximate surface area is 134 Å². The van der Waals surface area contributed by atoms with E-state index in [1.807, 2.05) is 6.26 Å². The Kier molecular flexibility index (Phi) is 5.10. The van der Waals surface area contributed by atoms with E-state index in [1.54, 1.807) is 17.8 Å². The van der Waals surface area contributed by atoms with E-state index in [-0.39, 0.29) is 21.9 Å². The summed E-state index contributed by atoms with van der Waals surface area (Å²) in [5, 5.41) is 0.322. The zero-order valence-corrected chi connectivity index (χ0v) is 14.4. The average Bonchev–Trinajstić information content (AvgIpc) is 3.25. The number of nitrogens with one attached hydrogen (secondary N) is 1. The van der Waals surface area contributed by atoms with Crippen molar-refractivity contribution >= 4 is 33.4 Å². The van der Waals surface area contributed by atoms with E-state index in [2.05, 4.69) is 4.72 Å². The van der Waals surface area contributed by atoms with Gasteiger partial charge in [0.05, 0.1) is 7.11 Å². The maximum absolute atomic E-state index is 12.5. The molecule has 0 unspecified atom stereocenters. The highest BCUT2D eigenvalue weighted by molar-refractivity contribution is 8.00. The highest BCUT2D eigenvalue weighted by Gasteiger charge is 2.42. The molecule has 5 nitrogen and oxygen atoms in total. The number of hydrogen-bond acceptors (Lipinski definition) is 5. The lowest BCUT2D eigenvalue weighted by Gasteiger charge is -2.17. The fraction of sp³-hybridized carbons (Fsp3) is 0.538. The van der Waals surface area contributed by atoms with Gasteiger partial charge in [-0.3, -0.25) is 0 Å². The summed E-state index contributed by atoms with van der Waals surface area (Å²) in [5.74, 6) is 0.253. The molecule has 2 rings (SSSR count). The molecular weight excluding hydrogens is 332 g/mol. The predicted octanol–water partition coefficient (Wildman–Crippen LogP) is 1.98. The molecule has 0 bridgehead atoms. The lowest BCUT2D eigenvalue weighted by Crippen LogP contribution is -2.32. The molecule has 1 aromatic rings. The number of ether oxygens (including phenoxy) is 1. The Morgan fingerprint density at radius 1 is 1.48 bits per heavy atom. The van der Waals surface area contributed by atoms with Crippen molar-refractivity contribution in [3.8, 4) is 5.75 Å². The Hall–Kier alpha value is -0.470. The van der Waals surface area contributed by atoms with E-state index >= 15 is 0 Å². The summed E-state index contributed by atoms with van der Waals surface area (Å²) in [4.78, 5) is 0.0369. The number of hydrogen-bond donors (Lipinski definition) is 2. The van der Waals surface area contributed by atoms with Gasteiger partial charge in [0.15, 0.2) is 0 Å². The normalized spacial score (nSPS) is 16.8. The molecule has 0 amide bonds. The molecule has 1 aliphatic rings. The van der Waals surface area contributed by atoms with Crippen molar-refractivity contribution < 1.29 is 13.2 Å². The van der Waals surface area contributed by atoms with Crippen LogP contribution in [-0.4, -0.2) is 33.1 Å². The average molecular weight is 351 g/mol. The predicted molar refractivity (Wildman–Crippen MR) is 86.6 cm³/mol. The first kappa shape index (κ1) is 16.9. The number of methoxy groups -OCH3 is 1.